The van der Waals surface area contributed by atoms with E-state index in [0.29, 0.717) is 13.1 Å². The van der Waals surface area contributed by atoms with Crippen LogP contribution in [0.25, 0.3) is 0 Å². The van der Waals surface area contributed by atoms with Crippen molar-refractivity contribution in [2.45, 2.75) is 52.2 Å². The van der Waals surface area contributed by atoms with E-state index in [-0.39, 0.29) is 24.1 Å². The first kappa shape index (κ1) is 21.9. The molecule has 26 heavy (non-hydrogen) atoms. The Labute approximate surface area is 153 Å². The van der Waals surface area contributed by atoms with Crippen molar-refractivity contribution in [3.05, 3.63) is 22.5 Å². The molecule has 0 spiro atoms. The quantitative estimate of drug-likeness (QED) is 0.428. The fourth-order valence-corrected chi connectivity index (χ4v) is 2.21. The van der Waals surface area contributed by atoms with Gasteiger partial charge in [-0.3, -0.25) is 9.59 Å². The maximum atomic E-state index is 12.5. The maximum Gasteiger partial charge on any atom is 0.434 e. The van der Waals surface area contributed by atoms with Gasteiger partial charge in [0.2, 0.25) is 0 Å². The molecule has 1 aromatic rings. The Morgan fingerprint density at radius 3 is 2.46 bits per heavy atom. The minimum atomic E-state index is -0.928. The van der Waals surface area contributed by atoms with Gasteiger partial charge in [0.15, 0.2) is 5.78 Å². The van der Waals surface area contributed by atoms with E-state index >= 15 is 0 Å². The number of carbonyl (C=O) groups excluding carboxylic acids is 2. The van der Waals surface area contributed by atoms with Crippen molar-refractivity contribution in [3.63, 3.8) is 0 Å². The number of imidazole rings is 1. The minimum Gasteiger partial charge on any atom is -0.390 e. The molecule has 0 saturated carbocycles. The number of nitrogens with zero attached hydrogens (tertiary/aromatic N) is 4. The average Bonchev–Trinajstić information content (AvgIpc) is 2.94. The number of hydrogen-bond donors (Lipinski definition) is 2. The second-order valence-electron chi connectivity index (χ2n) is 7.30. The summed E-state index contributed by atoms with van der Waals surface area (Å²) in [5.74, 6) is -0.536. The Balaban J connectivity index is 2.58. The largest absolute Gasteiger partial charge is 0.434 e. The lowest BCUT2D eigenvalue weighted by atomic mass is 10.00. The summed E-state index contributed by atoms with van der Waals surface area (Å²) in [6, 6.07) is 0. The van der Waals surface area contributed by atoms with E-state index in [9.17, 15) is 19.7 Å². The molecule has 0 aliphatic heterocycles. The average molecular weight is 368 g/mol. The van der Waals surface area contributed by atoms with Gasteiger partial charge < -0.3 is 15.4 Å². The van der Waals surface area contributed by atoms with E-state index < -0.39 is 16.0 Å². The van der Waals surface area contributed by atoms with Crippen molar-refractivity contribution in [1.82, 2.24) is 25.3 Å². The van der Waals surface area contributed by atoms with Crippen molar-refractivity contribution < 1.29 is 14.5 Å². The highest BCUT2D eigenvalue weighted by atomic mass is 16.6. The Kier molecular flexibility index (Phi) is 7.13. The Bertz CT molecular complexity index is 667. The molecule has 0 unspecified atom stereocenters. The van der Waals surface area contributed by atoms with Gasteiger partial charge in [-0.25, -0.2) is 15.0 Å². The molecular formula is C16H28N6O4. The lowest BCUT2D eigenvalue weighted by Crippen LogP contribution is -2.57. The van der Waals surface area contributed by atoms with Gasteiger partial charge in [0.25, 0.3) is 0 Å². The van der Waals surface area contributed by atoms with E-state index in [0.717, 1.165) is 0 Å². The summed E-state index contributed by atoms with van der Waals surface area (Å²) in [5, 5.41) is 15.8. The number of hydrogen-bond acceptors (Lipinski definition) is 8. The summed E-state index contributed by atoms with van der Waals surface area (Å²) in [6.45, 7) is 9.53. The number of hydrazine groups is 1. The molecule has 0 atom stereocenters. The SMILES string of the molecule is CC(=O)C(C)(C)NCCN(C)NC(C)(C)C(=O)Cn1ccnc1[N+](=O)[O-]. The summed E-state index contributed by atoms with van der Waals surface area (Å²) < 4.78 is 1.21. The topological polar surface area (TPSA) is 122 Å². The minimum absolute atomic E-state index is 0.0468. The van der Waals surface area contributed by atoms with Gasteiger partial charge in [0.05, 0.1) is 11.1 Å². The molecule has 1 aromatic heterocycles. The highest BCUT2D eigenvalue weighted by Gasteiger charge is 2.31. The van der Waals surface area contributed by atoms with Crippen LogP contribution < -0.4 is 10.7 Å². The molecule has 0 bridgehead atoms. The fraction of sp³-hybridized carbons (Fsp3) is 0.688. The van der Waals surface area contributed by atoms with E-state index in [1.54, 1.807) is 25.9 Å². The first-order valence-corrected chi connectivity index (χ1v) is 8.30. The van der Waals surface area contributed by atoms with Crippen LogP contribution in [0.1, 0.15) is 34.6 Å². The summed E-state index contributed by atoms with van der Waals surface area (Å²) in [7, 11) is 1.79. The van der Waals surface area contributed by atoms with Gasteiger partial charge in [-0.15, -0.1) is 0 Å². The Morgan fingerprint density at radius 2 is 1.92 bits per heavy atom. The van der Waals surface area contributed by atoms with Crippen LogP contribution in [-0.2, 0) is 16.1 Å². The number of carbonyl (C=O) groups is 2. The lowest BCUT2D eigenvalue weighted by molar-refractivity contribution is -0.396. The molecule has 1 rings (SSSR count). The second-order valence-corrected chi connectivity index (χ2v) is 7.30. The molecule has 0 saturated heterocycles. The van der Waals surface area contributed by atoms with Crippen LogP contribution >= 0.6 is 0 Å². The van der Waals surface area contributed by atoms with Crippen LogP contribution in [0.4, 0.5) is 5.95 Å². The van der Waals surface area contributed by atoms with Crippen LogP contribution in [0.3, 0.4) is 0 Å². The van der Waals surface area contributed by atoms with E-state index in [2.05, 4.69) is 15.7 Å². The monoisotopic (exact) mass is 368 g/mol. The molecule has 146 valence electrons. The van der Waals surface area contributed by atoms with E-state index in [1.165, 1.54) is 23.9 Å². The number of nitro groups is 1. The Morgan fingerprint density at radius 1 is 1.31 bits per heavy atom. The Hall–Kier alpha value is -2.17. The lowest BCUT2D eigenvalue weighted by Gasteiger charge is -2.31. The zero-order chi connectivity index (χ0) is 20.1. The van der Waals surface area contributed by atoms with E-state index in [1.807, 2.05) is 13.8 Å². The number of aromatic nitrogens is 2. The van der Waals surface area contributed by atoms with Crippen molar-refractivity contribution in [1.29, 1.82) is 0 Å². The smallest absolute Gasteiger partial charge is 0.390 e. The number of ketones is 2. The predicted molar refractivity (Wildman–Crippen MR) is 96.5 cm³/mol. The van der Waals surface area contributed by atoms with Crippen LogP contribution in [0, 0.1) is 10.1 Å². The first-order valence-electron chi connectivity index (χ1n) is 8.30. The third kappa shape index (κ3) is 5.97. The van der Waals surface area contributed by atoms with E-state index in [4.69, 9.17) is 0 Å². The molecule has 0 amide bonds. The zero-order valence-corrected chi connectivity index (χ0v) is 16.2. The molecule has 1 heterocycles. The fourth-order valence-electron chi connectivity index (χ4n) is 2.21. The van der Waals surface area contributed by atoms with Crippen LogP contribution in [0.2, 0.25) is 0 Å². The van der Waals surface area contributed by atoms with Gasteiger partial charge in [-0.1, -0.05) is 4.98 Å². The molecule has 10 heteroatoms. The molecule has 0 aromatic carbocycles. The second kappa shape index (κ2) is 8.47. The van der Waals surface area contributed by atoms with Crippen LogP contribution in [0.5, 0.6) is 0 Å². The predicted octanol–water partition coefficient (Wildman–Crippen LogP) is 0.533. The summed E-state index contributed by atoms with van der Waals surface area (Å²) in [5.41, 5.74) is 1.56. The van der Waals surface area contributed by atoms with Gasteiger partial charge in [-0.05, 0) is 39.5 Å². The van der Waals surface area contributed by atoms with Gasteiger partial charge in [0, 0.05) is 20.1 Å². The third-order valence-corrected chi connectivity index (χ3v) is 4.23. The number of Topliss-reactive ketones (excluding diaryl/α,β-unsaturated/α-hetero) is 2. The van der Waals surface area contributed by atoms with Gasteiger partial charge >= 0.3 is 5.95 Å². The summed E-state index contributed by atoms with van der Waals surface area (Å²) >= 11 is 0. The molecule has 0 fully saturated rings. The molecule has 2 N–H and O–H groups in total. The van der Waals surface area contributed by atoms with Crippen molar-refractivity contribution >= 4 is 17.5 Å². The number of likely N-dealkylation sites (N-methyl/N-ethyl adjacent to an activating group) is 1. The van der Waals surface area contributed by atoms with Crippen molar-refractivity contribution in [3.8, 4) is 0 Å². The molecule has 0 radical (unpaired) electrons. The standard InChI is InChI=1S/C16H28N6O4/c1-12(23)15(2,3)18-8-9-20(6)19-16(4,5)13(24)11-21-10-7-17-14(21)22(25)26/h7,10,18-19H,8-9,11H2,1-6H3. The van der Waals surface area contributed by atoms with Crippen LogP contribution in [0.15, 0.2) is 12.4 Å². The number of rotatable bonds is 11. The zero-order valence-electron chi connectivity index (χ0n) is 16.2. The normalized spacial score (nSPS) is 12.4. The van der Waals surface area contributed by atoms with Gasteiger partial charge in [0.1, 0.15) is 24.7 Å². The highest BCUT2D eigenvalue weighted by molar-refractivity contribution is 5.87. The van der Waals surface area contributed by atoms with Crippen molar-refractivity contribution in [2.24, 2.45) is 0 Å². The molecule has 0 aliphatic rings. The maximum absolute atomic E-state index is 12.5. The number of nitrogens with one attached hydrogen (secondary N) is 2. The first-order chi connectivity index (χ1) is 11.9. The molecule has 10 nitrogen and oxygen atoms in total. The summed E-state index contributed by atoms with van der Waals surface area (Å²) in [4.78, 5) is 37.9. The summed E-state index contributed by atoms with van der Waals surface area (Å²) in [6.07, 6.45) is 2.70. The highest BCUT2D eigenvalue weighted by Crippen LogP contribution is 2.12. The molecule has 0 aliphatic carbocycles. The third-order valence-electron chi connectivity index (χ3n) is 4.23. The molecular weight excluding hydrogens is 340 g/mol. The van der Waals surface area contributed by atoms with Gasteiger partial charge in [-0.2, -0.15) is 0 Å². The van der Waals surface area contributed by atoms with Crippen molar-refractivity contribution in [2.75, 3.05) is 20.1 Å². The van der Waals surface area contributed by atoms with Crippen LogP contribution in [-0.4, -0.2) is 62.3 Å².